The summed E-state index contributed by atoms with van der Waals surface area (Å²) in [5, 5.41) is 0. The van der Waals surface area contributed by atoms with Gasteiger partial charge in [-0.15, -0.1) is 0 Å². The molecule has 0 amide bonds. The van der Waals surface area contributed by atoms with Crippen LogP contribution >= 0.6 is 0 Å². The van der Waals surface area contributed by atoms with Crippen molar-refractivity contribution in [3.8, 4) is 5.75 Å². The second kappa shape index (κ2) is 11.8. The Labute approximate surface area is 200 Å². The van der Waals surface area contributed by atoms with Crippen molar-refractivity contribution in [1.82, 2.24) is 0 Å². The molecule has 0 bridgehead atoms. The van der Waals surface area contributed by atoms with Crippen LogP contribution in [0.15, 0.2) is 24.3 Å². The van der Waals surface area contributed by atoms with E-state index in [0.29, 0.717) is 0 Å². The summed E-state index contributed by atoms with van der Waals surface area (Å²) in [6.07, 6.45) is 21.1. The third-order valence-corrected chi connectivity index (χ3v) is 9.22. The summed E-state index contributed by atoms with van der Waals surface area (Å²) >= 11 is 0. The second-order valence-corrected chi connectivity index (χ2v) is 11.2. The van der Waals surface area contributed by atoms with E-state index in [1.807, 2.05) is 13.0 Å². The van der Waals surface area contributed by atoms with Crippen molar-refractivity contribution in [2.75, 3.05) is 6.61 Å². The molecule has 4 unspecified atom stereocenters. The topological polar surface area (TPSA) is 9.23 Å². The van der Waals surface area contributed by atoms with Crippen LogP contribution in [-0.4, -0.2) is 6.61 Å². The highest BCUT2D eigenvalue weighted by Gasteiger charge is 2.38. The molecule has 3 saturated carbocycles. The van der Waals surface area contributed by atoms with E-state index < -0.39 is 11.6 Å². The number of allylic oxidation sites excluding steroid dienone is 1. The average molecular weight is 459 g/mol. The van der Waals surface area contributed by atoms with Crippen LogP contribution in [0.5, 0.6) is 5.75 Å². The van der Waals surface area contributed by atoms with Crippen molar-refractivity contribution >= 4 is 0 Å². The molecular weight excluding hydrogens is 414 g/mol. The lowest BCUT2D eigenvalue weighted by Gasteiger charge is -2.45. The van der Waals surface area contributed by atoms with Gasteiger partial charge >= 0.3 is 0 Å². The fourth-order valence-corrected chi connectivity index (χ4v) is 7.31. The van der Waals surface area contributed by atoms with Crippen molar-refractivity contribution in [1.29, 1.82) is 0 Å². The molecule has 0 aliphatic heterocycles. The Balaban J connectivity index is 1.27. The molecule has 0 aromatic heterocycles. The number of rotatable bonds is 8. The SMILES string of the molecule is C/C=C/COc1c(F)cc(C2CCC(C3CCC4CC(CCCC)CCC4C3)CC2)cc1F. The molecule has 0 radical (unpaired) electrons. The monoisotopic (exact) mass is 458 g/mol. The summed E-state index contributed by atoms with van der Waals surface area (Å²) < 4.78 is 34.3. The lowest BCUT2D eigenvalue weighted by atomic mass is 9.60. The van der Waals surface area contributed by atoms with Crippen LogP contribution in [0.25, 0.3) is 0 Å². The van der Waals surface area contributed by atoms with Crippen molar-refractivity contribution in [3.05, 3.63) is 41.5 Å². The van der Waals surface area contributed by atoms with Crippen molar-refractivity contribution in [3.63, 3.8) is 0 Å². The highest BCUT2D eigenvalue weighted by molar-refractivity contribution is 5.33. The number of unbranched alkanes of at least 4 members (excludes halogenated alkanes) is 1. The summed E-state index contributed by atoms with van der Waals surface area (Å²) in [6.45, 7) is 4.37. The largest absolute Gasteiger partial charge is 0.483 e. The molecule has 1 nitrogen and oxygen atoms in total. The number of fused-ring (bicyclic) bond motifs is 1. The molecule has 4 atom stereocenters. The predicted octanol–water partition coefficient (Wildman–Crippen LogP) is 9.22. The van der Waals surface area contributed by atoms with Gasteiger partial charge in [-0.1, -0.05) is 44.8 Å². The zero-order valence-electron chi connectivity index (χ0n) is 20.8. The van der Waals surface area contributed by atoms with Crippen LogP contribution in [0.1, 0.15) is 109 Å². The summed E-state index contributed by atoms with van der Waals surface area (Å²) in [7, 11) is 0. The fraction of sp³-hybridized carbons (Fsp3) is 0.733. The van der Waals surface area contributed by atoms with Gasteiger partial charge in [0.2, 0.25) is 0 Å². The van der Waals surface area contributed by atoms with E-state index in [-0.39, 0.29) is 18.3 Å². The third kappa shape index (κ3) is 6.20. The van der Waals surface area contributed by atoms with E-state index in [0.717, 1.165) is 48.0 Å². The average Bonchev–Trinajstić information content (AvgIpc) is 2.84. The van der Waals surface area contributed by atoms with Gasteiger partial charge in [0.15, 0.2) is 17.4 Å². The maximum atomic E-state index is 14.5. The Bertz CT molecular complexity index is 756. The molecule has 0 heterocycles. The molecule has 3 aliphatic carbocycles. The number of benzene rings is 1. The lowest BCUT2D eigenvalue weighted by Crippen LogP contribution is -2.34. The van der Waals surface area contributed by atoms with Crippen LogP contribution in [0, 0.1) is 41.2 Å². The summed E-state index contributed by atoms with van der Waals surface area (Å²) in [5.41, 5.74) is 0.816. The van der Waals surface area contributed by atoms with Gasteiger partial charge in [0.05, 0.1) is 0 Å². The summed E-state index contributed by atoms with van der Waals surface area (Å²) in [6, 6.07) is 3.03. The van der Waals surface area contributed by atoms with E-state index in [2.05, 4.69) is 6.92 Å². The first kappa shape index (κ1) is 24.7. The molecule has 0 saturated heterocycles. The zero-order valence-corrected chi connectivity index (χ0v) is 20.8. The minimum Gasteiger partial charge on any atom is -0.483 e. The van der Waals surface area contributed by atoms with E-state index in [9.17, 15) is 8.78 Å². The van der Waals surface area contributed by atoms with Gasteiger partial charge < -0.3 is 4.74 Å². The highest BCUT2D eigenvalue weighted by Crippen LogP contribution is 2.50. The molecule has 0 spiro atoms. The van der Waals surface area contributed by atoms with Crippen LogP contribution in [0.4, 0.5) is 8.78 Å². The van der Waals surface area contributed by atoms with Gasteiger partial charge in [-0.2, -0.15) is 0 Å². The molecule has 1 aromatic rings. The normalized spacial score (nSPS) is 32.6. The maximum Gasteiger partial charge on any atom is 0.191 e. The first-order chi connectivity index (χ1) is 16.1. The Hall–Kier alpha value is -1.38. The van der Waals surface area contributed by atoms with Crippen LogP contribution in [-0.2, 0) is 0 Å². The molecule has 3 aliphatic rings. The minimum atomic E-state index is -0.565. The van der Waals surface area contributed by atoms with E-state index in [4.69, 9.17) is 4.74 Å². The number of hydrogen-bond acceptors (Lipinski definition) is 1. The standard InChI is InChI=1S/C30H44F2O/c1-3-5-7-21-8-9-26-18-25(15-14-24(26)17-21)22-10-12-23(13-11-22)27-19-28(31)30(29(32)20-27)33-16-6-4-2/h4,6,19-26H,3,5,7-18H2,1-2H3/b6-4+. The van der Waals surface area contributed by atoms with Gasteiger partial charge in [0, 0.05) is 0 Å². The second-order valence-electron chi connectivity index (χ2n) is 11.2. The van der Waals surface area contributed by atoms with Gasteiger partial charge in [0.25, 0.3) is 0 Å². The molecule has 3 heteroatoms. The molecule has 1 aromatic carbocycles. The van der Waals surface area contributed by atoms with E-state index in [1.54, 1.807) is 6.08 Å². The lowest BCUT2D eigenvalue weighted by molar-refractivity contribution is 0.0614. The quantitative estimate of drug-likeness (QED) is 0.353. The Morgan fingerprint density at radius 1 is 0.848 bits per heavy atom. The number of ether oxygens (including phenoxy) is 1. The van der Waals surface area contributed by atoms with E-state index >= 15 is 0 Å². The highest BCUT2D eigenvalue weighted by atomic mass is 19.1. The van der Waals surface area contributed by atoms with Crippen LogP contribution in [0.3, 0.4) is 0 Å². The summed E-state index contributed by atoms with van der Waals surface area (Å²) in [5.74, 6) is 3.57. The number of halogens is 2. The fourth-order valence-electron chi connectivity index (χ4n) is 7.31. The maximum absolute atomic E-state index is 14.5. The first-order valence-electron chi connectivity index (χ1n) is 13.8. The Morgan fingerprint density at radius 2 is 1.45 bits per heavy atom. The van der Waals surface area contributed by atoms with Crippen molar-refractivity contribution < 1.29 is 13.5 Å². The van der Waals surface area contributed by atoms with Crippen molar-refractivity contribution in [2.45, 2.75) is 103 Å². The third-order valence-electron chi connectivity index (χ3n) is 9.22. The molecule has 0 N–H and O–H groups in total. The first-order valence-corrected chi connectivity index (χ1v) is 13.8. The van der Waals surface area contributed by atoms with Crippen LogP contribution in [0.2, 0.25) is 0 Å². The molecule has 3 fully saturated rings. The van der Waals surface area contributed by atoms with Gasteiger partial charge in [-0.3, -0.25) is 0 Å². The van der Waals surface area contributed by atoms with Gasteiger partial charge in [-0.25, -0.2) is 8.78 Å². The minimum absolute atomic E-state index is 0.192. The molecule has 4 rings (SSSR count). The van der Waals surface area contributed by atoms with Crippen LogP contribution < -0.4 is 4.74 Å². The van der Waals surface area contributed by atoms with Crippen molar-refractivity contribution in [2.24, 2.45) is 29.6 Å². The zero-order chi connectivity index (χ0) is 23.2. The molecule has 184 valence electrons. The van der Waals surface area contributed by atoms with Gasteiger partial charge in [0.1, 0.15) is 6.61 Å². The Morgan fingerprint density at radius 3 is 2.12 bits per heavy atom. The Kier molecular flexibility index (Phi) is 8.88. The molecular formula is C30H44F2O. The number of hydrogen-bond donors (Lipinski definition) is 0. The molecule has 33 heavy (non-hydrogen) atoms. The summed E-state index contributed by atoms with van der Waals surface area (Å²) in [4.78, 5) is 0. The smallest absolute Gasteiger partial charge is 0.191 e. The predicted molar refractivity (Wildman–Crippen MR) is 133 cm³/mol. The van der Waals surface area contributed by atoms with E-state index in [1.165, 1.54) is 82.8 Å². The van der Waals surface area contributed by atoms with Gasteiger partial charge in [-0.05, 0) is 118 Å².